The van der Waals surface area contributed by atoms with Gasteiger partial charge in [-0.15, -0.1) is 0 Å². The van der Waals surface area contributed by atoms with Crippen LogP contribution in [0.3, 0.4) is 0 Å². The SMILES string of the molecule is N#Cc1cnn2cc(Br)cc(-n3cc(NC(=O)O)cn3)c12. The first kappa shape index (κ1) is 13.1. The molecule has 2 N–H and O–H groups in total. The summed E-state index contributed by atoms with van der Waals surface area (Å²) >= 11 is 3.36. The molecule has 0 fully saturated rings. The highest BCUT2D eigenvalue weighted by molar-refractivity contribution is 9.10. The van der Waals surface area contributed by atoms with Crippen LogP contribution in [0.5, 0.6) is 0 Å². The molecule has 0 aromatic carbocycles. The fourth-order valence-corrected chi connectivity index (χ4v) is 2.38. The Balaban J connectivity index is 2.19. The van der Waals surface area contributed by atoms with Crippen LogP contribution in [0.4, 0.5) is 10.5 Å². The van der Waals surface area contributed by atoms with E-state index in [1.54, 1.807) is 16.8 Å². The molecule has 0 aliphatic heterocycles. The van der Waals surface area contributed by atoms with Crippen molar-refractivity contribution in [2.75, 3.05) is 5.32 Å². The molecule has 3 heterocycles. The third-order valence-electron chi connectivity index (χ3n) is 2.76. The van der Waals surface area contributed by atoms with Gasteiger partial charge in [0, 0.05) is 10.7 Å². The first-order chi connectivity index (χ1) is 10.1. The zero-order chi connectivity index (χ0) is 15.0. The van der Waals surface area contributed by atoms with Crippen molar-refractivity contribution >= 4 is 33.2 Å². The highest BCUT2D eigenvalue weighted by Gasteiger charge is 2.13. The quantitative estimate of drug-likeness (QED) is 0.739. The molecule has 0 radical (unpaired) electrons. The van der Waals surface area contributed by atoms with E-state index >= 15 is 0 Å². The van der Waals surface area contributed by atoms with E-state index in [4.69, 9.17) is 10.4 Å². The number of hydrogen-bond donors (Lipinski definition) is 2. The third kappa shape index (κ3) is 2.32. The number of anilines is 1. The van der Waals surface area contributed by atoms with Crippen molar-refractivity contribution in [2.45, 2.75) is 0 Å². The molecule has 0 saturated heterocycles. The Morgan fingerprint density at radius 3 is 2.90 bits per heavy atom. The van der Waals surface area contributed by atoms with Crippen LogP contribution in [0, 0.1) is 11.3 Å². The number of hydrogen-bond acceptors (Lipinski definition) is 4. The van der Waals surface area contributed by atoms with Crippen molar-refractivity contribution in [1.82, 2.24) is 19.4 Å². The second kappa shape index (κ2) is 4.92. The van der Waals surface area contributed by atoms with E-state index in [1.165, 1.54) is 23.3 Å². The largest absolute Gasteiger partial charge is 0.465 e. The van der Waals surface area contributed by atoms with E-state index in [9.17, 15) is 4.79 Å². The number of rotatable bonds is 2. The number of pyridine rings is 1. The van der Waals surface area contributed by atoms with Gasteiger partial charge in [0.05, 0.1) is 35.5 Å². The van der Waals surface area contributed by atoms with Crippen molar-refractivity contribution < 1.29 is 9.90 Å². The van der Waals surface area contributed by atoms with E-state index in [-0.39, 0.29) is 0 Å². The number of halogens is 1. The Hall–Kier alpha value is -2.86. The van der Waals surface area contributed by atoms with Gasteiger partial charge in [-0.05, 0) is 22.0 Å². The van der Waals surface area contributed by atoms with Gasteiger partial charge in [0.2, 0.25) is 0 Å². The van der Waals surface area contributed by atoms with E-state index < -0.39 is 6.09 Å². The number of nitrogens with zero attached hydrogens (tertiary/aromatic N) is 5. The summed E-state index contributed by atoms with van der Waals surface area (Å²) in [4.78, 5) is 10.6. The zero-order valence-electron chi connectivity index (χ0n) is 10.4. The Morgan fingerprint density at radius 2 is 2.19 bits per heavy atom. The lowest BCUT2D eigenvalue weighted by molar-refractivity contribution is 0.210. The molecule has 0 spiro atoms. The second-order valence-corrected chi connectivity index (χ2v) is 5.03. The standard InChI is InChI=1S/C12H7BrN6O2/c13-8-1-10(11-7(2-14)3-15-19(11)5-8)18-6-9(4-16-18)17-12(20)21/h1,3-6,17H,(H,20,21). The lowest BCUT2D eigenvalue weighted by Gasteiger charge is -2.05. The summed E-state index contributed by atoms with van der Waals surface area (Å²) in [6, 6.07) is 3.84. The van der Waals surface area contributed by atoms with Gasteiger partial charge in [-0.25, -0.2) is 14.0 Å². The highest BCUT2D eigenvalue weighted by atomic mass is 79.9. The molecule has 3 aromatic rings. The Bertz CT molecular complexity index is 891. The van der Waals surface area contributed by atoms with Gasteiger partial charge < -0.3 is 5.11 Å². The predicted molar refractivity (Wildman–Crippen MR) is 76.4 cm³/mol. The van der Waals surface area contributed by atoms with Crippen LogP contribution in [0.1, 0.15) is 5.56 Å². The number of carbonyl (C=O) groups is 1. The molecule has 3 aromatic heterocycles. The molecule has 0 aliphatic rings. The molecule has 1 amide bonds. The molecule has 0 atom stereocenters. The summed E-state index contributed by atoms with van der Waals surface area (Å²) in [6.45, 7) is 0. The summed E-state index contributed by atoms with van der Waals surface area (Å²) in [7, 11) is 0. The molecule has 0 unspecified atom stereocenters. The van der Waals surface area contributed by atoms with Crippen LogP contribution in [0.2, 0.25) is 0 Å². The molecule has 9 heteroatoms. The van der Waals surface area contributed by atoms with Gasteiger partial charge >= 0.3 is 6.09 Å². The molecule has 21 heavy (non-hydrogen) atoms. The number of nitrogens with one attached hydrogen (secondary N) is 1. The lowest BCUT2D eigenvalue weighted by atomic mass is 10.2. The average Bonchev–Trinajstić information content (AvgIpc) is 3.03. The summed E-state index contributed by atoms with van der Waals surface area (Å²) in [5.41, 5.74) is 1.93. The molecular weight excluding hydrogens is 340 g/mol. The van der Waals surface area contributed by atoms with Crippen molar-refractivity contribution in [3.63, 3.8) is 0 Å². The minimum atomic E-state index is -1.17. The molecule has 104 valence electrons. The summed E-state index contributed by atoms with van der Waals surface area (Å²) in [5, 5.41) is 28.3. The van der Waals surface area contributed by atoms with Crippen LogP contribution < -0.4 is 5.32 Å². The molecule has 0 bridgehead atoms. The van der Waals surface area contributed by atoms with Crippen molar-refractivity contribution in [2.24, 2.45) is 0 Å². The fourth-order valence-electron chi connectivity index (χ4n) is 1.97. The summed E-state index contributed by atoms with van der Waals surface area (Å²) in [5.74, 6) is 0. The number of aromatic nitrogens is 4. The van der Waals surface area contributed by atoms with Crippen LogP contribution in [0.15, 0.2) is 35.3 Å². The lowest BCUT2D eigenvalue weighted by Crippen LogP contribution is -2.06. The van der Waals surface area contributed by atoms with Gasteiger partial charge in [-0.1, -0.05) is 0 Å². The number of carboxylic acid groups (broad SMARTS) is 1. The van der Waals surface area contributed by atoms with Gasteiger partial charge in [-0.3, -0.25) is 5.32 Å². The van der Waals surface area contributed by atoms with Crippen LogP contribution in [-0.2, 0) is 0 Å². The smallest absolute Gasteiger partial charge is 0.409 e. The zero-order valence-corrected chi connectivity index (χ0v) is 11.9. The molecular formula is C12H7BrN6O2. The van der Waals surface area contributed by atoms with Crippen LogP contribution in [0.25, 0.3) is 11.2 Å². The minimum Gasteiger partial charge on any atom is -0.465 e. The number of amides is 1. The Labute approximate surface area is 126 Å². The van der Waals surface area contributed by atoms with Crippen molar-refractivity contribution in [1.29, 1.82) is 5.26 Å². The highest BCUT2D eigenvalue weighted by Crippen LogP contribution is 2.24. The maximum atomic E-state index is 10.6. The maximum Gasteiger partial charge on any atom is 0.409 e. The minimum absolute atomic E-state index is 0.332. The number of nitriles is 1. The fraction of sp³-hybridized carbons (Fsp3) is 0. The molecule has 0 aliphatic carbocycles. The average molecular weight is 347 g/mol. The van der Waals surface area contributed by atoms with E-state index in [0.717, 1.165) is 4.47 Å². The van der Waals surface area contributed by atoms with E-state index in [1.807, 2.05) is 0 Å². The van der Waals surface area contributed by atoms with E-state index in [0.29, 0.717) is 22.5 Å². The molecule has 3 rings (SSSR count). The van der Waals surface area contributed by atoms with Crippen molar-refractivity contribution in [3.05, 3.63) is 40.9 Å². The van der Waals surface area contributed by atoms with E-state index in [2.05, 4.69) is 37.5 Å². The Kier molecular flexibility index (Phi) is 3.08. The molecule has 8 nitrogen and oxygen atoms in total. The van der Waals surface area contributed by atoms with Crippen LogP contribution >= 0.6 is 15.9 Å². The van der Waals surface area contributed by atoms with Crippen molar-refractivity contribution in [3.8, 4) is 11.8 Å². The monoisotopic (exact) mass is 346 g/mol. The van der Waals surface area contributed by atoms with Crippen LogP contribution in [-0.4, -0.2) is 30.6 Å². The topological polar surface area (TPSA) is 108 Å². The maximum absolute atomic E-state index is 10.6. The molecule has 0 saturated carbocycles. The van der Waals surface area contributed by atoms with Gasteiger partial charge in [0.25, 0.3) is 0 Å². The Morgan fingerprint density at radius 1 is 1.38 bits per heavy atom. The third-order valence-corrected chi connectivity index (χ3v) is 3.19. The predicted octanol–water partition coefficient (Wildman–Crippen LogP) is 2.24. The summed E-state index contributed by atoms with van der Waals surface area (Å²) in [6.07, 6.45) is 4.92. The first-order valence-electron chi connectivity index (χ1n) is 5.70. The van der Waals surface area contributed by atoms with Gasteiger partial charge in [-0.2, -0.15) is 15.5 Å². The van der Waals surface area contributed by atoms with Gasteiger partial charge in [0.15, 0.2) is 0 Å². The van der Waals surface area contributed by atoms with Gasteiger partial charge in [0.1, 0.15) is 11.6 Å². The normalized spacial score (nSPS) is 10.5. The first-order valence-corrected chi connectivity index (χ1v) is 6.50. The second-order valence-electron chi connectivity index (χ2n) is 4.11. The summed E-state index contributed by atoms with van der Waals surface area (Å²) < 4.78 is 3.79. The number of fused-ring (bicyclic) bond motifs is 1.